The van der Waals surface area contributed by atoms with Gasteiger partial charge in [0.25, 0.3) is 0 Å². The maximum absolute atomic E-state index is 12.8. The molecule has 4 nitrogen and oxygen atoms in total. The molecule has 0 aliphatic heterocycles. The number of nitrogens with one attached hydrogen (secondary N) is 1. The number of ether oxygens (including phenoxy) is 1. The molecule has 0 spiro atoms. The highest BCUT2D eigenvalue weighted by Gasteiger charge is 2.09. The Hall–Kier alpha value is -1.88. The minimum atomic E-state index is -0.274. The molecular weight excluding hydrogens is 233 g/mol. The lowest BCUT2D eigenvalue weighted by molar-refractivity contribution is 0.111. The van der Waals surface area contributed by atoms with Gasteiger partial charge in [-0.05, 0) is 17.7 Å². The lowest BCUT2D eigenvalue weighted by Gasteiger charge is -2.13. The number of guanidine groups is 1. The highest BCUT2D eigenvalue weighted by molar-refractivity contribution is 5.77. The molecule has 0 radical (unpaired) electrons. The predicted molar refractivity (Wildman–Crippen MR) is 70.8 cm³/mol. The van der Waals surface area contributed by atoms with E-state index >= 15 is 0 Å². The molecule has 1 aromatic carbocycles. The Kier molecular flexibility index (Phi) is 5.87. The van der Waals surface area contributed by atoms with E-state index in [0.29, 0.717) is 19.0 Å². The van der Waals surface area contributed by atoms with Gasteiger partial charge in [0.2, 0.25) is 0 Å². The summed E-state index contributed by atoms with van der Waals surface area (Å²) in [7, 11) is 1.58. The van der Waals surface area contributed by atoms with Gasteiger partial charge in [0.05, 0.1) is 6.54 Å². The first kappa shape index (κ1) is 14.2. The molecule has 5 heteroatoms. The minimum absolute atomic E-state index is 0.241. The standard InChI is InChI=1S/C13H18FN3O/c1-3-8-16-13(15)17-9-12(18-2)10-4-6-11(14)7-5-10/h3-7,12H,1,8-9H2,2H3,(H3,15,16,17). The number of benzene rings is 1. The Labute approximate surface area is 106 Å². The molecular formula is C13H18FN3O. The monoisotopic (exact) mass is 251 g/mol. The molecule has 0 aliphatic rings. The fourth-order valence-electron chi connectivity index (χ4n) is 1.41. The SMILES string of the molecule is C=CCNC(N)=NCC(OC)c1ccc(F)cc1. The summed E-state index contributed by atoms with van der Waals surface area (Å²) in [6.45, 7) is 4.50. The molecule has 0 heterocycles. The van der Waals surface area contributed by atoms with Crippen LogP contribution in [0.2, 0.25) is 0 Å². The van der Waals surface area contributed by atoms with Crippen molar-refractivity contribution in [2.75, 3.05) is 20.2 Å². The van der Waals surface area contributed by atoms with Gasteiger partial charge in [-0.25, -0.2) is 4.39 Å². The third kappa shape index (κ3) is 4.55. The van der Waals surface area contributed by atoms with Crippen molar-refractivity contribution in [2.45, 2.75) is 6.10 Å². The Balaban J connectivity index is 2.61. The number of nitrogens with two attached hydrogens (primary N) is 1. The van der Waals surface area contributed by atoms with Crippen LogP contribution in [0.3, 0.4) is 0 Å². The average molecular weight is 251 g/mol. The van der Waals surface area contributed by atoms with Crippen LogP contribution >= 0.6 is 0 Å². The molecule has 0 bridgehead atoms. The second-order valence-corrected chi connectivity index (χ2v) is 3.67. The van der Waals surface area contributed by atoms with Crippen molar-refractivity contribution in [1.82, 2.24) is 5.32 Å². The summed E-state index contributed by atoms with van der Waals surface area (Å²) in [5.41, 5.74) is 6.50. The zero-order valence-electron chi connectivity index (χ0n) is 10.4. The molecule has 1 unspecified atom stereocenters. The molecule has 1 atom stereocenters. The molecule has 0 aromatic heterocycles. The van der Waals surface area contributed by atoms with Crippen LogP contribution in [0.25, 0.3) is 0 Å². The Morgan fingerprint density at radius 2 is 2.22 bits per heavy atom. The van der Waals surface area contributed by atoms with Crippen LogP contribution in [0, 0.1) is 5.82 Å². The van der Waals surface area contributed by atoms with Crippen LogP contribution in [0.5, 0.6) is 0 Å². The van der Waals surface area contributed by atoms with E-state index in [1.54, 1.807) is 25.3 Å². The second kappa shape index (κ2) is 7.45. The third-order valence-corrected chi connectivity index (χ3v) is 2.38. The fourth-order valence-corrected chi connectivity index (χ4v) is 1.41. The van der Waals surface area contributed by atoms with Crippen LogP contribution in [-0.4, -0.2) is 26.2 Å². The molecule has 0 amide bonds. The molecule has 3 N–H and O–H groups in total. The maximum atomic E-state index is 12.8. The number of rotatable bonds is 6. The molecule has 18 heavy (non-hydrogen) atoms. The maximum Gasteiger partial charge on any atom is 0.188 e. The van der Waals surface area contributed by atoms with Crippen LogP contribution < -0.4 is 11.1 Å². The zero-order chi connectivity index (χ0) is 13.4. The van der Waals surface area contributed by atoms with Crippen LogP contribution in [-0.2, 0) is 4.74 Å². The summed E-state index contributed by atoms with van der Waals surface area (Å²) in [6.07, 6.45) is 1.45. The topological polar surface area (TPSA) is 59.6 Å². The van der Waals surface area contributed by atoms with Gasteiger partial charge in [-0.3, -0.25) is 4.99 Å². The Bertz CT molecular complexity index is 403. The molecule has 0 saturated carbocycles. The highest BCUT2D eigenvalue weighted by Crippen LogP contribution is 2.17. The van der Waals surface area contributed by atoms with Crippen molar-refractivity contribution in [2.24, 2.45) is 10.7 Å². The van der Waals surface area contributed by atoms with Crippen molar-refractivity contribution in [3.8, 4) is 0 Å². The predicted octanol–water partition coefficient (Wildman–Crippen LogP) is 1.60. The Morgan fingerprint density at radius 1 is 1.56 bits per heavy atom. The van der Waals surface area contributed by atoms with Crippen molar-refractivity contribution in [3.05, 3.63) is 48.3 Å². The molecule has 1 aromatic rings. The zero-order valence-corrected chi connectivity index (χ0v) is 10.4. The van der Waals surface area contributed by atoms with Crippen molar-refractivity contribution >= 4 is 5.96 Å². The first-order chi connectivity index (χ1) is 8.67. The van der Waals surface area contributed by atoms with Crippen LogP contribution in [0.1, 0.15) is 11.7 Å². The van der Waals surface area contributed by atoms with E-state index in [-0.39, 0.29) is 11.9 Å². The van der Waals surface area contributed by atoms with Gasteiger partial charge >= 0.3 is 0 Å². The van der Waals surface area contributed by atoms with Gasteiger partial charge in [-0.2, -0.15) is 0 Å². The fraction of sp³-hybridized carbons (Fsp3) is 0.308. The average Bonchev–Trinajstić information content (AvgIpc) is 2.39. The van der Waals surface area contributed by atoms with Gasteiger partial charge in [-0.1, -0.05) is 18.2 Å². The number of methoxy groups -OCH3 is 1. The van der Waals surface area contributed by atoms with Gasteiger partial charge < -0.3 is 15.8 Å². The van der Waals surface area contributed by atoms with Gasteiger partial charge in [0.15, 0.2) is 5.96 Å². The summed E-state index contributed by atoms with van der Waals surface area (Å²) in [6, 6.07) is 6.13. The van der Waals surface area contributed by atoms with E-state index in [9.17, 15) is 4.39 Å². The highest BCUT2D eigenvalue weighted by atomic mass is 19.1. The van der Waals surface area contributed by atoms with Crippen LogP contribution in [0.4, 0.5) is 4.39 Å². The number of aliphatic imine (C=N–C) groups is 1. The summed E-state index contributed by atoms with van der Waals surface area (Å²) in [5, 5.41) is 2.87. The number of nitrogens with zero attached hydrogens (tertiary/aromatic N) is 1. The van der Waals surface area contributed by atoms with Gasteiger partial charge in [-0.15, -0.1) is 6.58 Å². The molecule has 0 aliphatic carbocycles. The number of halogens is 1. The Morgan fingerprint density at radius 3 is 2.78 bits per heavy atom. The first-order valence-electron chi connectivity index (χ1n) is 5.60. The van der Waals surface area contributed by atoms with E-state index in [0.717, 1.165) is 5.56 Å². The third-order valence-electron chi connectivity index (χ3n) is 2.38. The lowest BCUT2D eigenvalue weighted by atomic mass is 10.1. The molecule has 1 rings (SSSR count). The van der Waals surface area contributed by atoms with E-state index in [1.165, 1.54) is 12.1 Å². The van der Waals surface area contributed by atoms with E-state index in [4.69, 9.17) is 10.5 Å². The molecule has 0 fully saturated rings. The minimum Gasteiger partial charge on any atom is -0.375 e. The van der Waals surface area contributed by atoms with Crippen molar-refractivity contribution < 1.29 is 9.13 Å². The molecule has 0 saturated heterocycles. The van der Waals surface area contributed by atoms with E-state index < -0.39 is 0 Å². The summed E-state index contributed by atoms with van der Waals surface area (Å²) < 4.78 is 18.1. The van der Waals surface area contributed by atoms with Crippen LogP contribution in [0.15, 0.2) is 41.9 Å². The molecule has 98 valence electrons. The van der Waals surface area contributed by atoms with E-state index in [2.05, 4.69) is 16.9 Å². The normalized spacial score (nSPS) is 13.1. The van der Waals surface area contributed by atoms with Gasteiger partial charge in [0, 0.05) is 13.7 Å². The smallest absolute Gasteiger partial charge is 0.188 e. The largest absolute Gasteiger partial charge is 0.375 e. The van der Waals surface area contributed by atoms with Crippen molar-refractivity contribution in [1.29, 1.82) is 0 Å². The summed E-state index contributed by atoms with van der Waals surface area (Å²) >= 11 is 0. The number of hydrogen-bond donors (Lipinski definition) is 2. The first-order valence-corrected chi connectivity index (χ1v) is 5.60. The lowest BCUT2D eigenvalue weighted by Crippen LogP contribution is -2.32. The van der Waals surface area contributed by atoms with Crippen molar-refractivity contribution in [3.63, 3.8) is 0 Å². The number of hydrogen-bond acceptors (Lipinski definition) is 2. The summed E-state index contributed by atoms with van der Waals surface area (Å²) in [4.78, 5) is 4.15. The quantitative estimate of drug-likeness (QED) is 0.458. The second-order valence-electron chi connectivity index (χ2n) is 3.67. The van der Waals surface area contributed by atoms with Gasteiger partial charge in [0.1, 0.15) is 11.9 Å². The summed E-state index contributed by atoms with van der Waals surface area (Å²) in [5.74, 6) is 0.0586. The van der Waals surface area contributed by atoms with E-state index in [1.807, 2.05) is 0 Å².